The summed E-state index contributed by atoms with van der Waals surface area (Å²) in [4.78, 5) is 28.1. The van der Waals surface area contributed by atoms with Crippen LogP contribution in [0.1, 0.15) is 55.4 Å². The predicted molar refractivity (Wildman–Crippen MR) is 166 cm³/mol. The van der Waals surface area contributed by atoms with E-state index in [0.717, 1.165) is 16.4 Å². The van der Waals surface area contributed by atoms with Crippen molar-refractivity contribution in [1.82, 2.24) is 4.90 Å². The molecule has 0 spiro atoms. The van der Waals surface area contributed by atoms with Crippen molar-refractivity contribution in [3.05, 3.63) is 99.5 Å². The van der Waals surface area contributed by atoms with Gasteiger partial charge in [0, 0.05) is 10.0 Å². The molecule has 2 amide bonds. The Bertz CT molecular complexity index is 1700. The number of sulfonamides is 1. The monoisotopic (exact) mass is 677 g/mol. The normalized spacial score (nSPS) is 22.7. The van der Waals surface area contributed by atoms with Crippen LogP contribution in [0.15, 0.2) is 66.7 Å². The Labute approximate surface area is 270 Å². The van der Waals surface area contributed by atoms with Gasteiger partial charge in [-0.2, -0.15) is 0 Å². The summed E-state index contributed by atoms with van der Waals surface area (Å²) in [6.45, 7) is -0.400. The number of nitrogens with zero attached hydrogens (tertiary/aromatic N) is 2. The average Bonchev–Trinajstić information content (AvgIpc) is 3.90. The first-order chi connectivity index (χ1) is 21.5. The molecule has 3 aromatic rings. The SMILES string of the molecule is NC(=O)C[C@@H]1O[C@H](c2cccc(Cl)c2)[C@@H](c2ccc(Cl)cc2)N([C@H](CN(c2c(F)cccc2F)S(=O)(=O)C2CC2)C2CC2)C1=O. The summed E-state index contributed by atoms with van der Waals surface area (Å²) in [5, 5.41) is 0.0803. The highest BCUT2D eigenvalue weighted by Gasteiger charge is 2.52. The van der Waals surface area contributed by atoms with Crippen molar-refractivity contribution in [3.8, 4) is 0 Å². The van der Waals surface area contributed by atoms with E-state index in [9.17, 15) is 18.0 Å². The Morgan fingerprint density at radius 3 is 2.18 bits per heavy atom. The summed E-state index contributed by atoms with van der Waals surface area (Å²) in [7, 11) is -4.20. The molecule has 8 nitrogen and oxygen atoms in total. The number of nitrogens with two attached hydrogens (primary N) is 1. The Morgan fingerprint density at radius 1 is 0.956 bits per heavy atom. The summed E-state index contributed by atoms with van der Waals surface area (Å²) in [5.74, 6) is -3.60. The van der Waals surface area contributed by atoms with Gasteiger partial charge in [-0.15, -0.1) is 0 Å². The van der Waals surface area contributed by atoms with Gasteiger partial charge in [0.1, 0.15) is 17.9 Å². The molecule has 3 aliphatic rings. The van der Waals surface area contributed by atoms with Crippen LogP contribution >= 0.6 is 23.2 Å². The van der Waals surface area contributed by atoms with Crippen LogP contribution in [-0.2, 0) is 24.3 Å². The number of para-hydroxylation sites is 1. The van der Waals surface area contributed by atoms with E-state index in [1.165, 1.54) is 11.0 Å². The maximum Gasteiger partial charge on any atom is 0.253 e. The molecule has 0 unspecified atom stereocenters. The molecule has 3 aromatic carbocycles. The van der Waals surface area contributed by atoms with Crippen molar-refractivity contribution in [2.24, 2.45) is 11.7 Å². The van der Waals surface area contributed by atoms with Crippen molar-refractivity contribution in [2.75, 3.05) is 10.8 Å². The minimum absolute atomic E-state index is 0.192. The van der Waals surface area contributed by atoms with Crippen molar-refractivity contribution >= 4 is 50.7 Å². The van der Waals surface area contributed by atoms with E-state index in [0.29, 0.717) is 46.9 Å². The van der Waals surface area contributed by atoms with Gasteiger partial charge in [-0.3, -0.25) is 13.9 Å². The van der Waals surface area contributed by atoms with Gasteiger partial charge in [-0.1, -0.05) is 53.5 Å². The number of morpholine rings is 1. The van der Waals surface area contributed by atoms with Crippen LogP contribution in [0.25, 0.3) is 0 Å². The van der Waals surface area contributed by atoms with E-state index in [4.69, 9.17) is 33.7 Å². The van der Waals surface area contributed by atoms with E-state index in [1.807, 2.05) is 0 Å². The molecule has 2 N–H and O–H groups in total. The van der Waals surface area contributed by atoms with Gasteiger partial charge in [0.2, 0.25) is 15.9 Å². The van der Waals surface area contributed by atoms with Crippen LogP contribution < -0.4 is 10.0 Å². The largest absolute Gasteiger partial charge is 0.370 e. The van der Waals surface area contributed by atoms with Crippen molar-refractivity contribution in [2.45, 2.75) is 61.6 Å². The number of ether oxygens (including phenoxy) is 1. The fraction of sp³-hybridized carbons (Fsp3) is 0.375. The molecule has 2 saturated carbocycles. The molecule has 1 aliphatic heterocycles. The third-order valence-electron chi connectivity index (χ3n) is 8.52. The molecule has 13 heteroatoms. The summed E-state index contributed by atoms with van der Waals surface area (Å²) in [5.41, 5.74) is 6.08. The molecular weight excluding hydrogens is 647 g/mol. The standard InChI is InChI=1S/C32H31Cl2F2N3O5S/c33-21-11-9-19(10-12-21)29-31(20-3-1-4-22(34)15-20)44-27(16-28(37)40)32(41)39(29)26(18-7-8-18)17-38(45(42,43)23-13-14-23)30-24(35)5-2-6-25(30)36/h1-6,9-12,15,18,23,26-27,29,31H,7-8,13-14,16-17H2,(H2,37,40)/t26-,27+,29-,31-/m1/s1. The number of benzene rings is 3. The molecule has 238 valence electrons. The van der Waals surface area contributed by atoms with Crippen LogP contribution in [0.2, 0.25) is 10.0 Å². The van der Waals surface area contributed by atoms with Gasteiger partial charge in [0.15, 0.2) is 11.6 Å². The molecule has 3 fully saturated rings. The van der Waals surface area contributed by atoms with Crippen LogP contribution in [0, 0.1) is 17.6 Å². The summed E-state index contributed by atoms with van der Waals surface area (Å²) in [6, 6.07) is 15.2. The lowest BCUT2D eigenvalue weighted by atomic mass is 9.89. The zero-order valence-corrected chi connectivity index (χ0v) is 26.3. The van der Waals surface area contributed by atoms with Gasteiger partial charge in [0.05, 0.1) is 30.3 Å². The molecule has 45 heavy (non-hydrogen) atoms. The first kappa shape index (κ1) is 31.7. The second-order valence-corrected chi connectivity index (χ2v) is 14.8. The molecule has 6 rings (SSSR count). The van der Waals surface area contributed by atoms with Gasteiger partial charge < -0.3 is 15.4 Å². The zero-order valence-electron chi connectivity index (χ0n) is 24.0. The first-order valence-corrected chi connectivity index (χ1v) is 16.9. The number of primary amides is 1. The lowest BCUT2D eigenvalue weighted by molar-refractivity contribution is -0.181. The number of carbonyl (C=O) groups is 2. The van der Waals surface area contributed by atoms with Crippen LogP contribution in [0.3, 0.4) is 0 Å². The third kappa shape index (κ3) is 6.54. The van der Waals surface area contributed by atoms with E-state index in [-0.39, 0.29) is 5.92 Å². The Kier molecular flexibility index (Phi) is 8.82. The average molecular weight is 679 g/mol. The zero-order chi connectivity index (χ0) is 32.0. The smallest absolute Gasteiger partial charge is 0.253 e. The van der Waals surface area contributed by atoms with Crippen molar-refractivity contribution in [1.29, 1.82) is 0 Å². The maximum absolute atomic E-state index is 15.3. The second-order valence-electron chi connectivity index (χ2n) is 11.8. The number of halogens is 4. The number of rotatable bonds is 11. The molecule has 1 saturated heterocycles. The highest BCUT2D eigenvalue weighted by atomic mass is 35.5. The summed E-state index contributed by atoms with van der Waals surface area (Å²) >= 11 is 12.6. The minimum atomic E-state index is -4.20. The van der Waals surface area contributed by atoms with E-state index >= 15 is 8.78 Å². The van der Waals surface area contributed by atoms with Gasteiger partial charge in [-0.05, 0) is 79.1 Å². The van der Waals surface area contributed by atoms with Crippen LogP contribution in [-0.4, -0.2) is 49.1 Å². The van der Waals surface area contributed by atoms with Crippen LogP contribution in [0.4, 0.5) is 14.5 Å². The fourth-order valence-electron chi connectivity index (χ4n) is 6.10. The molecule has 4 atom stereocenters. The number of amides is 2. The van der Waals surface area contributed by atoms with E-state index in [2.05, 4.69) is 0 Å². The molecular formula is C32H31Cl2F2N3O5S. The lowest BCUT2D eigenvalue weighted by Gasteiger charge is -2.49. The Balaban J connectivity index is 1.52. The highest BCUT2D eigenvalue weighted by molar-refractivity contribution is 7.93. The Morgan fingerprint density at radius 2 is 1.60 bits per heavy atom. The molecule has 0 aromatic heterocycles. The van der Waals surface area contributed by atoms with Gasteiger partial charge in [0.25, 0.3) is 5.91 Å². The second kappa shape index (κ2) is 12.5. The molecule has 2 aliphatic carbocycles. The van der Waals surface area contributed by atoms with Gasteiger partial charge in [-0.25, -0.2) is 17.2 Å². The maximum atomic E-state index is 15.3. The third-order valence-corrected chi connectivity index (χ3v) is 11.3. The first-order valence-electron chi connectivity index (χ1n) is 14.7. The fourth-order valence-corrected chi connectivity index (χ4v) is 8.30. The minimum Gasteiger partial charge on any atom is -0.370 e. The van der Waals surface area contributed by atoms with Gasteiger partial charge >= 0.3 is 0 Å². The topological polar surface area (TPSA) is 110 Å². The quantitative estimate of drug-likeness (QED) is 0.270. The predicted octanol–water partition coefficient (Wildman–Crippen LogP) is 5.93. The molecule has 0 radical (unpaired) electrons. The van der Waals surface area contributed by atoms with Crippen molar-refractivity contribution < 1.29 is 31.5 Å². The lowest BCUT2D eigenvalue weighted by Crippen LogP contribution is -2.59. The molecule has 0 bridgehead atoms. The summed E-state index contributed by atoms with van der Waals surface area (Å²) in [6.07, 6.45) is -0.552. The van der Waals surface area contributed by atoms with Crippen molar-refractivity contribution in [3.63, 3.8) is 0 Å². The number of hydrogen-bond donors (Lipinski definition) is 1. The number of hydrogen-bond acceptors (Lipinski definition) is 5. The summed E-state index contributed by atoms with van der Waals surface area (Å²) < 4.78 is 65.4. The number of carbonyl (C=O) groups excluding carboxylic acids is 2. The van der Waals surface area contributed by atoms with Crippen LogP contribution in [0.5, 0.6) is 0 Å². The number of anilines is 1. The molecule has 1 heterocycles. The Hall–Kier alpha value is -3.25. The van der Waals surface area contributed by atoms with E-state index in [1.54, 1.807) is 48.5 Å². The van der Waals surface area contributed by atoms with E-state index < -0.39 is 81.7 Å². The highest BCUT2D eigenvalue weighted by Crippen LogP contribution is 2.49.